The molecule has 1 aliphatic carbocycles. The van der Waals surface area contributed by atoms with Gasteiger partial charge in [0, 0.05) is 135 Å². The van der Waals surface area contributed by atoms with Crippen LogP contribution in [0.1, 0.15) is 188 Å². The molecule has 5 aromatic rings. The summed E-state index contributed by atoms with van der Waals surface area (Å²) < 4.78 is 101. The van der Waals surface area contributed by atoms with Gasteiger partial charge in [0.05, 0.1) is 162 Å². The highest BCUT2D eigenvalue weighted by atomic mass is 16.6. The van der Waals surface area contributed by atoms with Crippen LogP contribution in [0.3, 0.4) is 0 Å². The van der Waals surface area contributed by atoms with Crippen LogP contribution < -0.4 is 5.73 Å². The zero-order valence-electron chi connectivity index (χ0n) is 86.6. The summed E-state index contributed by atoms with van der Waals surface area (Å²) in [5.41, 5.74) is 14.1. The normalized spacial score (nSPS) is 25.2. The number of anilines is 1. The Hall–Kier alpha value is -8.61. The van der Waals surface area contributed by atoms with Crippen molar-refractivity contribution in [3.05, 3.63) is 113 Å². The fourth-order valence-corrected chi connectivity index (χ4v) is 18.0. The number of aliphatic hydroxyl groups is 2. The minimum Gasteiger partial charge on any atom is -0.460 e. The van der Waals surface area contributed by atoms with E-state index in [1.54, 1.807) is 61.5 Å². The van der Waals surface area contributed by atoms with Crippen LogP contribution in [0.25, 0.3) is 33.3 Å². The maximum absolute atomic E-state index is 14.6. The highest BCUT2D eigenvalue weighted by Crippen LogP contribution is 2.40. The van der Waals surface area contributed by atoms with Crippen LogP contribution in [0.4, 0.5) is 5.82 Å². The van der Waals surface area contributed by atoms with Crippen LogP contribution in [0, 0.1) is 35.5 Å². The number of esters is 2. The number of nitrogens with two attached hydrogens (primary N) is 1. The number of rotatable bonds is 48. The first-order chi connectivity index (χ1) is 68.7. The van der Waals surface area contributed by atoms with Gasteiger partial charge in [-0.25, -0.2) is 24.4 Å². The van der Waals surface area contributed by atoms with Gasteiger partial charge >= 0.3 is 11.9 Å². The average molecular weight is 2000 g/mol. The second kappa shape index (κ2) is 65.8. The molecular weight excluding hydrogens is 1830 g/mol. The van der Waals surface area contributed by atoms with Crippen LogP contribution in [-0.4, -0.2) is 339 Å². The van der Waals surface area contributed by atoms with E-state index in [0.29, 0.717) is 264 Å². The molecule has 5 aliphatic rings. The third-order valence-corrected chi connectivity index (χ3v) is 26.2. The number of benzene rings is 1. The highest BCUT2D eigenvalue weighted by molar-refractivity contribution is 6.39. The van der Waals surface area contributed by atoms with Gasteiger partial charge in [-0.15, -0.1) is 0 Å². The highest BCUT2D eigenvalue weighted by Gasteiger charge is 2.53. The number of aliphatic hydroxyl groups excluding tert-OH is 1. The molecule has 3 fully saturated rings. The number of ketones is 3. The summed E-state index contributed by atoms with van der Waals surface area (Å²) in [6, 6.07) is 9.26. The predicted molar refractivity (Wildman–Crippen MR) is 535 cm³/mol. The van der Waals surface area contributed by atoms with Gasteiger partial charge in [-0.2, -0.15) is 5.10 Å². The Labute approximate surface area is 838 Å². The number of nitrogens with one attached hydrogen (secondary N) is 1. The number of fused-ring (bicyclic) bond motifs is 6. The Morgan fingerprint density at radius 3 is 1.91 bits per heavy atom. The van der Waals surface area contributed by atoms with E-state index < -0.39 is 83.9 Å². The standard InChI is InChI=1S/C58H91NO15.C32H38N8O4.C16H34O8/c1-12-28-71-29-18-22-51(61)72-47-26-24-43(33-50(47)69-10)32-39(5)49-35-46(60)38(4)31-41(7)53(63)54(70-11)52(62)40(6)30-36(2)19-14-13-15-20-37(3)48(68-9)34-44-25-23-42(8)58(67,74-44)55(64)56(65)59-27-17-16-21-45(59)57(66)73-49;1-2-10-42-12-14-44-15-13-43-11-7-27(41)39-9-6-23-16-22(3-4-25(23)20-39)19-40-32-28(30(33)36-21-37-32)29(38-40)26-17-24-5-8-34-31(24)35-18-26;1-17-3-5-19-7-9-21-11-13-23-15-16-24-14-12-22-10-8-20-6-4-18-2/h13-15,19-20,31,36,38-40,42-45,47-50,53-54,63,67H,12,16-18,21-30,32-35H2,1-11H3;3-5,8,16-18,21H,2,6-7,9-15,19-20H2,1H3,(H,34,35)(H2,33,36,37);3-16H2,1-2H3/b15-13+,19-14+,37-20+,41-31+;;/t36-,38-,39-,40-,42-,43+,44+,45+,47-,48+,49+,50-,53-,54+,58-;;/m1../s1. The number of ether oxygens (including phenoxy) is 18. The van der Waals surface area contributed by atoms with Gasteiger partial charge in [0.1, 0.15) is 59.7 Å². The lowest BCUT2D eigenvalue weighted by Crippen LogP contribution is -2.61. The number of Topliss-reactive ketones (excluding diaryl/α,β-unsaturated/α-hetero) is 3. The second-order valence-corrected chi connectivity index (χ2v) is 37.3. The summed E-state index contributed by atoms with van der Waals surface area (Å²) in [4.78, 5) is 116. The fraction of sp³-hybridized carbons (Fsp3) is 0.689. The summed E-state index contributed by atoms with van der Waals surface area (Å²) in [5, 5.41) is 30.2. The number of nitrogens with zero attached hydrogens (tertiary/aromatic N) is 7. The van der Waals surface area contributed by atoms with Crippen molar-refractivity contribution in [1.82, 2.24) is 39.5 Å². The van der Waals surface area contributed by atoms with Gasteiger partial charge in [-0.1, -0.05) is 103 Å². The van der Waals surface area contributed by atoms with Crippen LogP contribution >= 0.6 is 0 Å². The number of aromatic nitrogens is 6. The second-order valence-electron chi connectivity index (χ2n) is 37.3. The van der Waals surface area contributed by atoms with E-state index in [1.165, 1.54) is 23.9 Å². The number of piperidine rings is 1. The van der Waals surface area contributed by atoms with Crippen molar-refractivity contribution < 1.29 is 129 Å². The number of nitrogen functional groups attached to an aromatic ring is 1. The molecule has 1 aromatic carbocycles. The summed E-state index contributed by atoms with van der Waals surface area (Å²) in [5.74, 6) is -8.05. The lowest BCUT2D eigenvalue weighted by Gasteiger charge is -2.42. The number of amides is 2. The first kappa shape index (κ1) is 119. The minimum absolute atomic E-state index is 0.00633. The minimum atomic E-state index is -2.45. The molecular formula is C106H163N9O27. The Bertz CT molecular complexity index is 4670. The molecule has 2 saturated heterocycles. The number of methoxy groups -OCH3 is 5. The molecule has 36 heteroatoms. The molecule has 5 N–H and O–H groups in total. The van der Waals surface area contributed by atoms with Gasteiger partial charge in [-0.3, -0.25) is 28.8 Å². The van der Waals surface area contributed by atoms with Crippen molar-refractivity contribution in [3.8, 4) is 11.3 Å². The molecule has 794 valence electrons. The summed E-state index contributed by atoms with van der Waals surface area (Å²) in [6.45, 7) is 31.0. The molecule has 4 aromatic heterocycles. The smallest absolute Gasteiger partial charge is 0.329 e. The molecule has 8 heterocycles. The molecule has 1 saturated carbocycles. The van der Waals surface area contributed by atoms with Crippen molar-refractivity contribution in [2.75, 3.05) is 200 Å². The average Bonchev–Trinajstić information content (AvgIpc) is 1.34. The van der Waals surface area contributed by atoms with Crippen molar-refractivity contribution in [2.45, 2.75) is 246 Å². The largest absolute Gasteiger partial charge is 0.460 e. The van der Waals surface area contributed by atoms with Gasteiger partial charge in [0.2, 0.25) is 11.7 Å². The van der Waals surface area contributed by atoms with Gasteiger partial charge < -0.3 is 116 Å². The predicted octanol–water partition coefficient (Wildman–Crippen LogP) is 12.1. The van der Waals surface area contributed by atoms with E-state index in [-0.39, 0.29) is 73.1 Å². The number of allylic oxidation sites excluding steroid dienone is 6. The first-order valence-electron chi connectivity index (χ1n) is 50.9. The number of H-pyrrole nitrogens is 1. The summed E-state index contributed by atoms with van der Waals surface area (Å²) >= 11 is 0. The molecule has 2 amide bonds. The SMILES string of the molecule is CCCOCCCC(=O)O[C@@H]1CC[C@@H](C[C@@H](C)[C@@H]2CC(=O)[C@H](C)/C=C(\C)[C@@H](O)[C@@H](OC)C(=O)[C@H](C)C[C@H](C)/C=C/C=C/C=C(\C)[C@@H](OC)C[C@@H]3CC[C@@H](C)[C@@](O)(O3)C(=O)C(=O)N3CCCC[C@H]3C(=O)O2)C[C@H]1OC.CCCOCCOCCOCCC(=O)N1CCc2cc(Cn3nc(-c4cnc5[nH]ccc5c4)c4c(N)ncnc43)ccc2C1.COCCOCCOCCOCCOCCOCCOCCOC. The van der Waals surface area contributed by atoms with Crippen molar-refractivity contribution in [2.24, 2.45) is 35.5 Å². The monoisotopic (exact) mass is 1990 g/mol. The van der Waals surface area contributed by atoms with E-state index in [9.17, 15) is 43.8 Å². The Balaban J connectivity index is 0.000000303. The Morgan fingerprint density at radius 1 is 0.648 bits per heavy atom. The molecule has 0 radical (unpaired) electrons. The first-order valence-corrected chi connectivity index (χ1v) is 50.9. The van der Waals surface area contributed by atoms with Crippen molar-refractivity contribution >= 4 is 69.0 Å². The maximum Gasteiger partial charge on any atom is 0.329 e. The molecule has 10 rings (SSSR count). The van der Waals surface area contributed by atoms with Crippen LogP contribution in [0.15, 0.2) is 96.7 Å². The lowest BCUT2D eigenvalue weighted by atomic mass is 9.78. The van der Waals surface area contributed by atoms with E-state index in [2.05, 4.69) is 45.1 Å². The number of cyclic esters (lactones) is 1. The molecule has 4 aliphatic heterocycles. The molecule has 0 spiro atoms. The van der Waals surface area contributed by atoms with E-state index in [1.807, 2.05) is 92.9 Å². The molecule has 15 atom stereocenters. The van der Waals surface area contributed by atoms with Crippen molar-refractivity contribution in [1.29, 1.82) is 0 Å². The van der Waals surface area contributed by atoms with Gasteiger partial charge in [0.25, 0.3) is 11.7 Å². The zero-order valence-corrected chi connectivity index (χ0v) is 86.6. The number of pyridine rings is 1. The number of hydrogen-bond donors (Lipinski definition) is 4. The van der Waals surface area contributed by atoms with Crippen LogP contribution in [0.5, 0.6) is 0 Å². The third-order valence-electron chi connectivity index (χ3n) is 26.2. The lowest BCUT2D eigenvalue weighted by molar-refractivity contribution is -0.265. The Morgan fingerprint density at radius 2 is 1.28 bits per heavy atom. The quantitative estimate of drug-likeness (QED) is 0.0122. The number of aromatic amines is 1. The third kappa shape index (κ3) is 39.3. The molecule has 142 heavy (non-hydrogen) atoms. The molecule has 2 bridgehead atoms. The Kier molecular flexibility index (Phi) is 55.0. The summed E-state index contributed by atoms with van der Waals surface area (Å²) in [7, 11) is 7.84. The zero-order chi connectivity index (χ0) is 103. The van der Waals surface area contributed by atoms with E-state index in [0.717, 1.165) is 59.2 Å². The molecule has 0 unspecified atom stereocenters. The van der Waals surface area contributed by atoms with Gasteiger partial charge in [0.15, 0.2) is 11.4 Å². The van der Waals surface area contributed by atoms with Crippen molar-refractivity contribution in [3.63, 3.8) is 0 Å². The number of carbonyl (C=O) groups is 7. The fourth-order valence-electron chi connectivity index (χ4n) is 18.0. The van der Waals surface area contributed by atoms with Crippen LogP contribution in [-0.2, 0) is 138 Å². The van der Waals surface area contributed by atoms with Gasteiger partial charge in [-0.05, 0) is 161 Å². The van der Waals surface area contributed by atoms with E-state index in [4.69, 9.17) is 96.1 Å². The summed E-state index contributed by atoms with van der Waals surface area (Å²) in [6.07, 6.45) is 20.0. The maximum atomic E-state index is 14.6. The number of hydrogen-bond acceptors (Lipinski definition) is 32. The topological polar surface area (TPSA) is 431 Å². The molecule has 36 nitrogen and oxygen atoms in total. The number of carbonyl (C=O) groups excluding carboxylic acids is 7. The van der Waals surface area contributed by atoms with Crippen LogP contribution in [0.2, 0.25) is 0 Å². The van der Waals surface area contributed by atoms with E-state index >= 15 is 0 Å².